The molecule has 0 radical (unpaired) electrons. The third-order valence-electron chi connectivity index (χ3n) is 5.37. The molecule has 2 aromatic carbocycles. The maximum absolute atomic E-state index is 15.2. The standard InChI is InChI=1S/C28H33F2N5O8S2/c1-27(2,3)42-24(36)22-23(44-15-31-22)35(14-16-8-10-17(41-7)11-9-16)45(39,40)18-12-19(29)21(20(30)13-18)32-25(37)33-34-26(38)43-28(4,5)6/h8-13,15H,14H2,1-7H3,(H,34,38)(H2,32,33,37). The van der Waals surface area contributed by atoms with Crippen LogP contribution in [0.3, 0.4) is 0 Å². The van der Waals surface area contributed by atoms with Crippen molar-refractivity contribution in [2.24, 2.45) is 0 Å². The van der Waals surface area contributed by atoms with E-state index in [2.05, 4.69) is 4.98 Å². The number of methoxy groups -OCH3 is 1. The summed E-state index contributed by atoms with van der Waals surface area (Å²) in [5, 5.41) is 1.71. The van der Waals surface area contributed by atoms with E-state index >= 15 is 8.78 Å². The summed E-state index contributed by atoms with van der Waals surface area (Å²) in [6.45, 7) is 9.25. The molecule has 0 aliphatic heterocycles. The number of aromatic nitrogens is 1. The smallest absolute Gasteiger partial charge is 0.426 e. The molecule has 0 spiro atoms. The lowest BCUT2D eigenvalue weighted by atomic mass is 10.2. The highest BCUT2D eigenvalue weighted by Crippen LogP contribution is 2.35. The van der Waals surface area contributed by atoms with Crippen LogP contribution in [0.2, 0.25) is 0 Å². The predicted molar refractivity (Wildman–Crippen MR) is 162 cm³/mol. The number of nitrogens with one attached hydrogen (secondary N) is 3. The molecule has 45 heavy (non-hydrogen) atoms. The number of carbonyl (C=O) groups excluding carboxylic acids is 3. The van der Waals surface area contributed by atoms with Gasteiger partial charge in [0, 0.05) is 0 Å². The molecule has 3 amide bonds. The molecular weight excluding hydrogens is 636 g/mol. The number of sulfonamides is 1. The third kappa shape index (κ3) is 9.49. The summed E-state index contributed by atoms with van der Waals surface area (Å²) in [5.41, 5.74) is 2.33. The Hall–Kier alpha value is -4.51. The third-order valence-corrected chi connectivity index (χ3v) is 8.06. The fourth-order valence-corrected chi connectivity index (χ4v) is 6.04. The number of rotatable bonds is 8. The minimum atomic E-state index is -4.78. The van der Waals surface area contributed by atoms with E-state index in [1.165, 1.54) is 12.6 Å². The zero-order valence-corrected chi connectivity index (χ0v) is 27.1. The van der Waals surface area contributed by atoms with Crippen molar-refractivity contribution < 1.29 is 45.8 Å². The first-order chi connectivity index (χ1) is 20.8. The number of esters is 1. The maximum atomic E-state index is 15.2. The van der Waals surface area contributed by atoms with E-state index in [0.29, 0.717) is 23.4 Å². The molecule has 0 saturated carbocycles. The van der Waals surface area contributed by atoms with Gasteiger partial charge in [0.25, 0.3) is 10.0 Å². The van der Waals surface area contributed by atoms with Crippen molar-refractivity contribution in [1.29, 1.82) is 0 Å². The number of halogens is 2. The zero-order chi connectivity index (χ0) is 33.7. The Labute approximate surface area is 262 Å². The average Bonchev–Trinajstić information content (AvgIpc) is 3.40. The Balaban J connectivity index is 1.97. The first kappa shape index (κ1) is 35.0. The van der Waals surface area contributed by atoms with E-state index in [0.717, 1.165) is 15.6 Å². The molecule has 3 rings (SSSR count). The van der Waals surface area contributed by atoms with E-state index in [4.69, 9.17) is 14.2 Å². The van der Waals surface area contributed by atoms with Crippen molar-refractivity contribution in [3.05, 3.63) is 64.8 Å². The zero-order valence-electron chi connectivity index (χ0n) is 25.5. The van der Waals surface area contributed by atoms with Gasteiger partial charge in [0.05, 0.1) is 24.1 Å². The van der Waals surface area contributed by atoms with Crippen LogP contribution in [0.25, 0.3) is 0 Å². The van der Waals surface area contributed by atoms with Crippen LogP contribution in [0.5, 0.6) is 5.75 Å². The van der Waals surface area contributed by atoms with Gasteiger partial charge < -0.3 is 19.5 Å². The van der Waals surface area contributed by atoms with E-state index in [9.17, 15) is 22.8 Å². The van der Waals surface area contributed by atoms with Gasteiger partial charge >= 0.3 is 18.1 Å². The first-order valence-electron chi connectivity index (χ1n) is 13.2. The van der Waals surface area contributed by atoms with Crippen LogP contribution in [0.15, 0.2) is 46.8 Å². The summed E-state index contributed by atoms with van der Waals surface area (Å²) >= 11 is 0.804. The molecular formula is C28H33F2N5O8S2. The van der Waals surface area contributed by atoms with Gasteiger partial charge in [-0.2, -0.15) is 0 Å². The molecule has 1 heterocycles. The fraction of sp³-hybridized carbons (Fsp3) is 0.357. The number of hydrazine groups is 1. The molecule has 0 atom stereocenters. The van der Waals surface area contributed by atoms with Gasteiger partial charge in [-0.3, -0.25) is 4.31 Å². The van der Waals surface area contributed by atoms with Gasteiger partial charge in [-0.1, -0.05) is 12.1 Å². The molecule has 3 N–H and O–H groups in total. The number of nitrogens with zero attached hydrogens (tertiary/aromatic N) is 2. The summed E-state index contributed by atoms with van der Waals surface area (Å²) in [7, 11) is -3.33. The van der Waals surface area contributed by atoms with Crippen LogP contribution >= 0.6 is 11.3 Å². The summed E-state index contributed by atoms with van der Waals surface area (Å²) < 4.78 is 74.5. The molecule has 0 saturated heterocycles. The second-order valence-corrected chi connectivity index (χ2v) is 14.0. The van der Waals surface area contributed by atoms with Crippen LogP contribution < -0.4 is 25.2 Å². The van der Waals surface area contributed by atoms with Crippen LogP contribution in [0.1, 0.15) is 57.6 Å². The Morgan fingerprint density at radius 1 is 0.933 bits per heavy atom. The summed E-state index contributed by atoms with van der Waals surface area (Å²) in [4.78, 5) is 40.0. The van der Waals surface area contributed by atoms with Gasteiger partial charge in [-0.15, -0.1) is 11.3 Å². The van der Waals surface area contributed by atoms with Gasteiger partial charge in [0.15, 0.2) is 17.3 Å². The largest absolute Gasteiger partial charge is 0.497 e. The highest BCUT2D eigenvalue weighted by Gasteiger charge is 2.34. The Bertz CT molecular complexity index is 1640. The van der Waals surface area contributed by atoms with Crippen LogP contribution in [0, 0.1) is 11.6 Å². The topological polar surface area (TPSA) is 165 Å². The van der Waals surface area contributed by atoms with Crippen molar-refractivity contribution >= 4 is 50.1 Å². The number of hydrogen-bond acceptors (Lipinski definition) is 10. The van der Waals surface area contributed by atoms with Crippen LogP contribution in [-0.4, -0.2) is 49.8 Å². The molecule has 0 unspecified atom stereocenters. The van der Waals surface area contributed by atoms with Gasteiger partial charge in [0.2, 0.25) is 0 Å². The van der Waals surface area contributed by atoms with Crippen molar-refractivity contribution in [3.63, 3.8) is 0 Å². The number of benzene rings is 2. The van der Waals surface area contributed by atoms with E-state index in [1.54, 1.807) is 65.8 Å². The Kier molecular flexibility index (Phi) is 10.6. The molecule has 0 fully saturated rings. The monoisotopic (exact) mass is 669 g/mol. The molecule has 244 valence electrons. The second kappa shape index (κ2) is 13.6. The molecule has 0 aliphatic carbocycles. The van der Waals surface area contributed by atoms with Crippen molar-refractivity contribution in [2.45, 2.75) is 64.2 Å². The molecule has 13 nitrogen and oxygen atoms in total. The predicted octanol–water partition coefficient (Wildman–Crippen LogP) is 5.34. The number of thiazole rings is 1. The SMILES string of the molecule is COc1ccc(CN(c2scnc2C(=O)OC(C)(C)C)S(=O)(=O)c2cc(F)c(NC(=O)NNC(=O)OC(C)(C)C)c(F)c2)cc1. The number of urea groups is 1. The van der Waals surface area contributed by atoms with Crippen molar-refractivity contribution in [3.8, 4) is 5.75 Å². The van der Waals surface area contributed by atoms with Crippen molar-refractivity contribution in [1.82, 2.24) is 15.8 Å². The first-order valence-corrected chi connectivity index (χ1v) is 15.5. The Morgan fingerprint density at radius 3 is 2.04 bits per heavy atom. The number of carbonyl (C=O) groups is 3. The van der Waals surface area contributed by atoms with Crippen LogP contribution in [0.4, 0.5) is 29.1 Å². The van der Waals surface area contributed by atoms with E-state index in [-0.39, 0.29) is 17.2 Å². The lowest BCUT2D eigenvalue weighted by Crippen LogP contribution is -2.46. The fourth-order valence-electron chi connectivity index (χ4n) is 3.55. The van der Waals surface area contributed by atoms with Crippen molar-refractivity contribution in [2.75, 3.05) is 16.7 Å². The number of amides is 3. The van der Waals surface area contributed by atoms with E-state index < -0.39 is 61.5 Å². The lowest BCUT2D eigenvalue weighted by molar-refractivity contribution is 0.00643. The summed E-state index contributed by atoms with van der Waals surface area (Å²) in [6.07, 6.45) is -1.04. The second-order valence-electron chi connectivity index (χ2n) is 11.3. The van der Waals surface area contributed by atoms with Gasteiger partial charge in [-0.05, 0) is 71.4 Å². The normalized spacial score (nSPS) is 11.8. The molecule has 0 aliphatic rings. The number of anilines is 2. The molecule has 1 aromatic heterocycles. The summed E-state index contributed by atoms with van der Waals surface area (Å²) in [6, 6.07) is 6.09. The minimum Gasteiger partial charge on any atom is -0.497 e. The highest BCUT2D eigenvalue weighted by atomic mass is 32.2. The van der Waals surface area contributed by atoms with Crippen LogP contribution in [-0.2, 0) is 26.0 Å². The molecule has 3 aromatic rings. The molecule has 17 heteroatoms. The average molecular weight is 670 g/mol. The van der Waals surface area contributed by atoms with E-state index in [1.807, 2.05) is 16.2 Å². The number of hydrogen-bond donors (Lipinski definition) is 3. The summed E-state index contributed by atoms with van der Waals surface area (Å²) in [5.74, 6) is -3.29. The maximum Gasteiger partial charge on any atom is 0.426 e. The van der Waals surface area contributed by atoms with Gasteiger partial charge in [0.1, 0.15) is 27.6 Å². The van der Waals surface area contributed by atoms with Gasteiger partial charge in [-0.25, -0.2) is 47.4 Å². The number of ether oxygens (including phenoxy) is 3. The lowest BCUT2D eigenvalue weighted by Gasteiger charge is -2.25. The minimum absolute atomic E-state index is 0.157. The Morgan fingerprint density at radius 2 is 1.51 bits per heavy atom. The quantitative estimate of drug-likeness (QED) is 0.212. The highest BCUT2D eigenvalue weighted by molar-refractivity contribution is 7.93. The molecule has 0 bridgehead atoms.